The molecule has 0 amide bonds. The van der Waals surface area contributed by atoms with Crippen LogP contribution in [0.4, 0.5) is 0 Å². The average molecular weight is 276 g/mol. The lowest BCUT2D eigenvalue weighted by Crippen LogP contribution is -2.37. The predicted octanol–water partition coefficient (Wildman–Crippen LogP) is 2.10. The van der Waals surface area contributed by atoms with E-state index in [0.717, 1.165) is 4.88 Å². The summed E-state index contributed by atoms with van der Waals surface area (Å²) in [6, 6.07) is 6.96. The third-order valence-electron chi connectivity index (χ3n) is 2.52. The highest BCUT2D eigenvalue weighted by Crippen LogP contribution is 2.09. The van der Waals surface area contributed by atoms with E-state index in [1.54, 1.807) is 42.1 Å². The second-order valence-electron chi connectivity index (χ2n) is 3.88. The highest BCUT2D eigenvalue weighted by atomic mass is 32.1. The maximum atomic E-state index is 11.9. The normalized spacial score (nSPS) is 10.2. The summed E-state index contributed by atoms with van der Waals surface area (Å²) in [7, 11) is 0. The lowest BCUT2D eigenvalue weighted by molar-refractivity contribution is -0.683. The van der Waals surface area contributed by atoms with Gasteiger partial charge in [-0.2, -0.15) is 4.57 Å². The Hall–Kier alpha value is -2.01. The van der Waals surface area contributed by atoms with Gasteiger partial charge in [-0.1, -0.05) is 6.07 Å². The van der Waals surface area contributed by atoms with Crippen molar-refractivity contribution < 1.29 is 18.9 Å². The van der Waals surface area contributed by atoms with Gasteiger partial charge in [-0.25, -0.2) is 4.79 Å². The molecule has 5 heteroatoms. The quantitative estimate of drug-likeness (QED) is 0.477. The molecule has 0 aliphatic rings. The second-order valence-corrected chi connectivity index (χ2v) is 4.83. The molecule has 0 radical (unpaired) electrons. The van der Waals surface area contributed by atoms with Crippen LogP contribution in [-0.2, 0) is 11.3 Å². The van der Waals surface area contributed by atoms with Crippen LogP contribution >= 0.6 is 11.3 Å². The maximum Gasteiger partial charge on any atom is 0.338 e. The second kappa shape index (κ2) is 6.24. The number of carbonyl (C=O) groups is 2. The molecule has 0 N–H and O–H groups in total. The van der Waals surface area contributed by atoms with Crippen LogP contribution in [0.25, 0.3) is 0 Å². The standard InChI is InChI=1S/C14H14NO3S/c1-2-18-14(17)11-5-7-15(8-6-11)10-12(16)13-4-3-9-19-13/h3-9H,2,10H2,1H3/q+1. The SMILES string of the molecule is CCOC(=O)c1cc[n+](CC(=O)c2cccs2)cc1. The summed E-state index contributed by atoms with van der Waals surface area (Å²) in [5.74, 6) is -0.289. The fourth-order valence-corrected chi connectivity index (χ4v) is 2.25. The molecule has 0 bridgehead atoms. The van der Waals surface area contributed by atoms with Crippen molar-refractivity contribution >= 4 is 23.1 Å². The minimum Gasteiger partial charge on any atom is -0.462 e. The van der Waals surface area contributed by atoms with Crippen LogP contribution in [0.3, 0.4) is 0 Å². The smallest absolute Gasteiger partial charge is 0.338 e. The van der Waals surface area contributed by atoms with Gasteiger partial charge in [-0.15, -0.1) is 11.3 Å². The lowest BCUT2D eigenvalue weighted by Gasteiger charge is -2.00. The van der Waals surface area contributed by atoms with Crippen LogP contribution in [0, 0.1) is 0 Å². The van der Waals surface area contributed by atoms with Crippen LogP contribution in [0.1, 0.15) is 27.0 Å². The summed E-state index contributed by atoms with van der Waals surface area (Å²) in [4.78, 5) is 24.1. The van der Waals surface area contributed by atoms with Gasteiger partial charge < -0.3 is 4.74 Å². The Labute approximate surface area is 115 Å². The van der Waals surface area contributed by atoms with E-state index in [-0.39, 0.29) is 18.3 Å². The molecular weight excluding hydrogens is 262 g/mol. The van der Waals surface area contributed by atoms with Crippen molar-refractivity contribution in [1.29, 1.82) is 0 Å². The van der Waals surface area contributed by atoms with Gasteiger partial charge in [0.25, 0.3) is 0 Å². The molecule has 2 aromatic rings. The maximum absolute atomic E-state index is 11.9. The van der Waals surface area contributed by atoms with E-state index in [2.05, 4.69) is 0 Å². The number of Topliss-reactive ketones (excluding diaryl/α,β-unsaturated/α-hetero) is 1. The van der Waals surface area contributed by atoms with E-state index in [4.69, 9.17) is 4.74 Å². The number of pyridine rings is 1. The van der Waals surface area contributed by atoms with Crippen LogP contribution in [0.2, 0.25) is 0 Å². The fourth-order valence-electron chi connectivity index (χ4n) is 1.59. The Morgan fingerprint density at radius 1 is 1.26 bits per heavy atom. The molecule has 2 aromatic heterocycles. The fraction of sp³-hybridized carbons (Fsp3) is 0.214. The summed E-state index contributed by atoms with van der Waals surface area (Å²) in [5.41, 5.74) is 0.488. The highest BCUT2D eigenvalue weighted by molar-refractivity contribution is 7.12. The molecule has 19 heavy (non-hydrogen) atoms. The number of thiophene rings is 1. The molecule has 0 aliphatic carbocycles. The molecule has 0 atom stereocenters. The molecular formula is C14H14NO3S+. The number of carbonyl (C=O) groups excluding carboxylic acids is 2. The van der Waals surface area contributed by atoms with E-state index in [1.165, 1.54) is 11.3 Å². The largest absolute Gasteiger partial charge is 0.462 e. The third kappa shape index (κ3) is 3.48. The summed E-state index contributed by atoms with van der Waals surface area (Å²) in [5, 5.41) is 1.88. The minimum absolute atomic E-state index is 0.0592. The van der Waals surface area contributed by atoms with Gasteiger partial charge in [0.05, 0.1) is 17.0 Å². The first kappa shape index (κ1) is 13.4. The number of hydrogen-bond donors (Lipinski definition) is 0. The molecule has 0 saturated carbocycles. The Bertz CT molecular complexity index is 561. The Balaban J connectivity index is 2.03. The molecule has 0 spiro atoms. The first-order chi connectivity index (χ1) is 9.20. The van der Waals surface area contributed by atoms with Gasteiger partial charge >= 0.3 is 5.97 Å². The molecule has 0 unspecified atom stereocenters. The monoisotopic (exact) mass is 276 g/mol. The van der Waals surface area contributed by atoms with Gasteiger partial charge in [0.15, 0.2) is 12.4 Å². The molecule has 2 heterocycles. The minimum atomic E-state index is -0.348. The predicted molar refractivity (Wildman–Crippen MR) is 71.2 cm³/mol. The molecule has 4 nitrogen and oxygen atoms in total. The van der Waals surface area contributed by atoms with Crippen molar-refractivity contribution in [3.8, 4) is 0 Å². The number of hydrogen-bond acceptors (Lipinski definition) is 4. The molecule has 98 valence electrons. The number of ether oxygens (including phenoxy) is 1. The van der Waals surface area contributed by atoms with Crippen LogP contribution in [-0.4, -0.2) is 18.4 Å². The van der Waals surface area contributed by atoms with E-state index < -0.39 is 0 Å². The van der Waals surface area contributed by atoms with Crippen molar-refractivity contribution in [2.24, 2.45) is 0 Å². The summed E-state index contributed by atoms with van der Waals surface area (Å²) < 4.78 is 6.64. The van der Waals surface area contributed by atoms with Gasteiger partial charge in [-0.05, 0) is 18.4 Å². The Morgan fingerprint density at radius 3 is 2.58 bits per heavy atom. The Morgan fingerprint density at radius 2 is 2.00 bits per heavy atom. The van der Waals surface area contributed by atoms with Crippen LogP contribution in [0.15, 0.2) is 42.0 Å². The number of nitrogens with zero attached hydrogens (tertiary/aromatic N) is 1. The average Bonchev–Trinajstić information content (AvgIpc) is 2.94. The number of aromatic nitrogens is 1. The van der Waals surface area contributed by atoms with Gasteiger partial charge in [0.1, 0.15) is 0 Å². The van der Waals surface area contributed by atoms with Crippen LogP contribution < -0.4 is 4.57 Å². The first-order valence-electron chi connectivity index (χ1n) is 5.93. The van der Waals surface area contributed by atoms with Gasteiger partial charge in [0.2, 0.25) is 12.3 Å². The highest BCUT2D eigenvalue weighted by Gasteiger charge is 2.14. The molecule has 2 rings (SSSR count). The molecule has 0 aliphatic heterocycles. The third-order valence-corrected chi connectivity index (χ3v) is 3.44. The van der Waals surface area contributed by atoms with E-state index >= 15 is 0 Å². The Kier molecular flexibility index (Phi) is 4.41. The zero-order chi connectivity index (χ0) is 13.7. The lowest BCUT2D eigenvalue weighted by atomic mass is 10.2. The van der Waals surface area contributed by atoms with Gasteiger partial charge in [-0.3, -0.25) is 4.79 Å². The molecule has 0 aromatic carbocycles. The van der Waals surface area contributed by atoms with Gasteiger partial charge in [0, 0.05) is 12.1 Å². The number of esters is 1. The summed E-state index contributed by atoms with van der Waals surface area (Å²) >= 11 is 1.43. The van der Waals surface area contributed by atoms with E-state index in [1.807, 2.05) is 11.4 Å². The van der Waals surface area contributed by atoms with Crippen molar-refractivity contribution in [1.82, 2.24) is 0 Å². The van der Waals surface area contributed by atoms with Crippen LogP contribution in [0.5, 0.6) is 0 Å². The molecule has 0 saturated heterocycles. The number of ketones is 1. The molecule has 0 fully saturated rings. The first-order valence-corrected chi connectivity index (χ1v) is 6.81. The zero-order valence-electron chi connectivity index (χ0n) is 10.5. The van der Waals surface area contributed by atoms with Crippen molar-refractivity contribution in [2.45, 2.75) is 13.5 Å². The van der Waals surface area contributed by atoms with E-state index in [9.17, 15) is 9.59 Å². The van der Waals surface area contributed by atoms with E-state index in [0.29, 0.717) is 12.2 Å². The zero-order valence-corrected chi connectivity index (χ0v) is 11.4. The topological polar surface area (TPSA) is 47.2 Å². The van der Waals surface area contributed by atoms with Crippen molar-refractivity contribution in [2.75, 3.05) is 6.61 Å². The summed E-state index contributed by atoms with van der Waals surface area (Å²) in [6.45, 7) is 2.38. The summed E-state index contributed by atoms with van der Waals surface area (Å²) in [6.07, 6.45) is 3.41. The van der Waals surface area contributed by atoms with Crippen molar-refractivity contribution in [3.63, 3.8) is 0 Å². The number of rotatable bonds is 5. The van der Waals surface area contributed by atoms with Crippen molar-refractivity contribution in [3.05, 3.63) is 52.5 Å².